The number of para-hydroxylation sites is 1. The van der Waals surface area contributed by atoms with E-state index < -0.39 is 6.04 Å². The van der Waals surface area contributed by atoms with Gasteiger partial charge in [0.2, 0.25) is 5.91 Å². The molecule has 162 valence electrons. The molecule has 2 aliphatic heterocycles. The topological polar surface area (TPSA) is 92.1 Å². The Kier molecular flexibility index (Phi) is 6.95. The van der Waals surface area contributed by atoms with Gasteiger partial charge in [-0.1, -0.05) is 6.07 Å². The Morgan fingerprint density at radius 1 is 1.20 bits per heavy atom. The summed E-state index contributed by atoms with van der Waals surface area (Å²) in [5.41, 5.74) is 0.510. The molecule has 0 spiro atoms. The predicted octanol–water partition coefficient (Wildman–Crippen LogP) is 1.82. The Labute approximate surface area is 177 Å². The number of hydrogen-bond acceptors (Lipinski definition) is 6. The van der Waals surface area contributed by atoms with Crippen molar-refractivity contribution in [2.75, 3.05) is 34.4 Å². The molecule has 1 aromatic rings. The van der Waals surface area contributed by atoms with Crippen LogP contribution in [0.1, 0.15) is 42.1 Å². The molecule has 2 amide bonds. The molecule has 1 aromatic carbocycles. The minimum Gasteiger partial charge on any atom is -0.489 e. The van der Waals surface area contributed by atoms with Crippen molar-refractivity contribution in [1.29, 1.82) is 5.26 Å². The van der Waals surface area contributed by atoms with E-state index in [4.69, 9.17) is 14.2 Å². The highest BCUT2D eigenvalue weighted by molar-refractivity contribution is 6.00. The molecule has 1 fully saturated rings. The molecule has 2 aliphatic rings. The van der Waals surface area contributed by atoms with Crippen LogP contribution in [0, 0.1) is 11.3 Å². The number of likely N-dealkylation sites (N-methyl/N-ethyl adjacent to an activating group) is 2. The van der Waals surface area contributed by atoms with Crippen molar-refractivity contribution < 1.29 is 23.8 Å². The van der Waals surface area contributed by atoms with Crippen LogP contribution in [-0.4, -0.2) is 80.3 Å². The molecule has 2 bridgehead atoms. The lowest BCUT2D eigenvalue weighted by molar-refractivity contribution is -0.146. The molecule has 3 rings (SSSR count). The summed E-state index contributed by atoms with van der Waals surface area (Å²) in [6, 6.07) is 6.30. The maximum absolute atomic E-state index is 13.2. The Bertz CT molecular complexity index is 837. The Hall–Kier alpha value is -2.63. The summed E-state index contributed by atoms with van der Waals surface area (Å²) in [6.45, 7) is 2.41. The van der Waals surface area contributed by atoms with Gasteiger partial charge in [-0.15, -0.1) is 0 Å². The Morgan fingerprint density at radius 2 is 1.97 bits per heavy atom. The molecule has 8 nitrogen and oxygen atoms in total. The van der Waals surface area contributed by atoms with E-state index in [1.807, 2.05) is 0 Å². The lowest BCUT2D eigenvalue weighted by atomic mass is 9.99. The van der Waals surface area contributed by atoms with Gasteiger partial charge in [-0.25, -0.2) is 0 Å². The number of hydrogen-bond donors (Lipinski definition) is 0. The predicted molar refractivity (Wildman–Crippen MR) is 109 cm³/mol. The lowest BCUT2D eigenvalue weighted by Gasteiger charge is -2.37. The van der Waals surface area contributed by atoms with Crippen LogP contribution in [0.3, 0.4) is 0 Å². The number of benzene rings is 1. The number of amides is 2. The third kappa shape index (κ3) is 4.42. The van der Waals surface area contributed by atoms with Crippen LogP contribution in [-0.2, 0) is 14.3 Å². The summed E-state index contributed by atoms with van der Waals surface area (Å²) in [5, 5.41) is 9.55. The first-order valence-corrected chi connectivity index (χ1v) is 10.2. The quantitative estimate of drug-likeness (QED) is 0.695. The van der Waals surface area contributed by atoms with Crippen molar-refractivity contribution in [3.05, 3.63) is 29.3 Å². The fraction of sp³-hybridized carbons (Fsp3) is 0.591. The van der Waals surface area contributed by atoms with Gasteiger partial charge < -0.3 is 24.0 Å². The van der Waals surface area contributed by atoms with Crippen molar-refractivity contribution in [2.24, 2.45) is 0 Å². The van der Waals surface area contributed by atoms with Gasteiger partial charge in [0.25, 0.3) is 5.91 Å². The fourth-order valence-corrected chi connectivity index (χ4v) is 3.98. The molecule has 0 N–H and O–H groups in total. The molecule has 30 heavy (non-hydrogen) atoms. The standard InChI is InChI=1S/C22H29N3O5/c1-14-21(26)24(2)11-10-16-8-9-18(28-4)19(30-16)13-29-20-15(12-23)6-5-7-17(20)22(27)25(14)3/h5-7,14,16,18-19H,8-11,13H2,1-4H3/t14-,16-,18-,19-/m0/s1. The van der Waals surface area contributed by atoms with E-state index in [0.29, 0.717) is 13.0 Å². The second-order valence-electron chi connectivity index (χ2n) is 7.89. The molecule has 2 heterocycles. The van der Waals surface area contributed by atoms with Crippen LogP contribution in [0.15, 0.2) is 18.2 Å². The molecule has 0 aromatic heterocycles. The van der Waals surface area contributed by atoms with Crippen molar-refractivity contribution >= 4 is 11.8 Å². The summed E-state index contributed by atoms with van der Waals surface area (Å²) >= 11 is 0. The molecular formula is C22H29N3O5. The van der Waals surface area contributed by atoms with E-state index in [2.05, 4.69) is 6.07 Å². The van der Waals surface area contributed by atoms with Crippen LogP contribution in [0.25, 0.3) is 0 Å². The molecule has 0 unspecified atom stereocenters. The summed E-state index contributed by atoms with van der Waals surface area (Å²) in [5.74, 6) is -0.314. The summed E-state index contributed by atoms with van der Waals surface area (Å²) < 4.78 is 17.8. The molecule has 0 saturated carbocycles. The molecular weight excluding hydrogens is 386 g/mol. The number of carbonyl (C=O) groups excluding carboxylic acids is 2. The number of rotatable bonds is 1. The van der Waals surface area contributed by atoms with Gasteiger partial charge in [0.15, 0.2) is 0 Å². The van der Waals surface area contributed by atoms with E-state index in [-0.39, 0.29) is 53.6 Å². The summed E-state index contributed by atoms with van der Waals surface area (Å²) in [7, 11) is 4.97. The first-order valence-electron chi connectivity index (χ1n) is 10.2. The average molecular weight is 415 g/mol. The first kappa shape index (κ1) is 22.1. The minimum absolute atomic E-state index is 0.0106. The zero-order chi connectivity index (χ0) is 21.8. The van der Waals surface area contributed by atoms with Gasteiger partial charge >= 0.3 is 0 Å². The molecule has 1 saturated heterocycles. The van der Waals surface area contributed by atoms with Gasteiger partial charge in [0.1, 0.15) is 30.6 Å². The van der Waals surface area contributed by atoms with Crippen molar-refractivity contribution in [2.45, 2.75) is 50.5 Å². The fourth-order valence-electron chi connectivity index (χ4n) is 3.98. The molecule has 0 aliphatic carbocycles. The number of carbonyl (C=O) groups is 2. The number of nitrogens with zero attached hydrogens (tertiary/aromatic N) is 3. The number of methoxy groups -OCH3 is 1. The van der Waals surface area contributed by atoms with Crippen LogP contribution in [0.2, 0.25) is 0 Å². The van der Waals surface area contributed by atoms with E-state index in [1.165, 1.54) is 4.90 Å². The van der Waals surface area contributed by atoms with Gasteiger partial charge in [0.05, 0.1) is 23.3 Å². The third-order valence-electron chi connectivity index (χ3n) is 6.04. The summed E-state index contributed by atoms with van der Waals surface area (Å²) in [6.07, 6.45) is 1.87. The lowest BCUT2D eigenvalue weighted by Crippen LogP contribution is -2.48. The van der Waals surface area contributed by atoms with E-state index in [1.54, 1.807) is 51.2 Å². The van der Waals surface area contributed by atoms with Gasteiger partial charge in [-0.2, -0.15) is 5.26 Å². The van der Waals surface area contributed by atoms with Crippen LogP contribution >= 0.6 is 0 Å². The van der Waals surface area contributed by atoms with Crippen LogP contribution in [0.5, 0.6) is 5.75 Å². The number of nitriles is 1. The smallest absolute Gasteiger partial charge is 0.258 e. The largest absolute Gasteiger partial charge is 0.489 e. The Morgan fingerprint density at radius 3 is 2.67 bits per heavy atom. The monoisotopic (exact) mass is 415 g/mol. The van der Waals surface area contributed by atoms with Crippen molar-refractivity contribution in [3.63, 3.8) is 0 Å². The molecule has 4 atom stereocenters. The molecule has 8 heteroatoms. The third-order valence-corrected chi connectivity index (χ3v) is 6.04. The maximum Gasteiger partial charge on any atom is 0.258 e. The van der Waals surface area contributed by atoms with Crippen molar-refractivity contribution in [1.82, 2.24) is 9.80 Å². The van der Waals surface area contributed by atoms with Crippen LogP contribution < -0.4 is 4.74 Å². The van der Waals surface area contributed by atoms with Gasteiger partial charge in [-0.05, 0) is 38.3 Å². The zero-order valence-corrected chi connectivity index (χ0v) is 18.0. The highest BCUT2D eigenvalue weighted by Gasteiger charge is 2.34. The Balaban J connectivity index is 2.00. The average Bonchev–Trinajstić information content (AvgIpc) is 2.78. The normalized spacial score (nSPS) is 28.2. The number of ether oxygens (including phenoxy) is 3. The van der Waals surface area contributed by atoms with Crippen LogP contribution in [0.4, 0.5) is 0 Å². The highest BCUT2D eigenvalue weighted by Crippen LogP contribution is 2.29. The second kappa shape index (κ2) is 9.45. The SMILES string of the molecule is CO[C@H]1CC[C@H]2CCN(C)C(=O)[C@H](C)N(C)C(=O)c3cccc(C#N)c3OC[C@@H]1O2. The van der Waals surface area contributed by atoms with E-state index >= 15 is 0 Å². The second-order valence-corrected chi connectivity index (χ2v) is 7.89. The van der Waals surface area contributed by atoms with Gasteiger partial charge in [0, 0.05) is 27.7 Å². The zero-order valence-electron chi connectivity index (χ0n) is 18.0. The number of fused-ring (bicyclic) bond motifs is 3. The summed E-state index contributed by atoms with van der Waals surface area (Å²) in [4.78, 5) is 29.1. The van der Waals surface area contributed by atoms with E-state index in [0.717, 1.165) is 12.8 Å². The van der Waals surface area contributed by atoms with Gasteiger partial charge in [-0.3, -0.25) is 9.59 Å². The maximum atomic E-state index is 13.2. The minimum atomic E-state index is -0.651. The first-order chi connectivity index (χ1) is 14.4. The van der Waals surface area contributed by atoms with Crippen molar-refractivity contribution in [3.8, 4) is 11.8 Å². The molecule has 0 radical (unpaired) electrons. The highest BCUT2D eigenvalue weighted by atomic mass is 16.6. The van der Waals surface area contributed by atoms with E-state index in [9.17, 15) is 14.9 Å².